The van der Waals surface area contributed by atoms with Crippen molar-refractivity contribution in [2.75, 3.05) is 0 Å². The third kappa shape index (κ3) is 3.56. The van der Waals surface area contributed by atoms with Crippen molar-refractivity contribution in [2.24, 2.45) is 0 Å². The molecule has 0 atom stereocenters. The fourth-order valence-corrected chi connectivity index (χ4v) is 2.26. The lowest BCUT2D eigenvalue weighted by atomic mass is 10.0. The van der Waals surface area contributed by atoms with Crippen molar-refractivity contribution in [3.63, 3.8) is 0 Å². The molecule has 3 rings (SSSR count). The van der Waals surface area contributed by atoms with Crippen molar-refractivity contribution in [2.45, 2.75) is 19.1 Å². The molecule has 2 aromatic heterocycles. The van der Waals surface area contributed by atoms with Gasteiger partial charge in [0.2, 0.25) is 0 Å². The average Bonchev–Trinajstić information content (AvgIpc) is 3.02. The molecule has 0 N–H and O–H groups in total. The summed E-state index contributed by atoms with van der Waals surface area (Å²) in [6, 6.07) is 10.9. The predicted octanol–water partition coefficient (Wildman–Crippen LogP) is 3.60. The summed E-state index contributed by atoms with van der Waals surface area (Å²) in [7, 11) is 0. The highest BCUT2D eigenvalue weighted by molar-refractivity contribution is 5.63. The molecular weight excluding hydrogens is 305 g/mol. The number of aryl methyl sites for hydroxylation is 2. The number of alkyl halides is 3. The van der Waals surface area contributed by atoms with E-state index in [1.54, 1.807) is 12.3 Å². The number of halogens is 3. The molecule has 0 saturated heterocycles. The van der Waals surface area contributed by atoms with E-state index in [1.165, 1.54) is 23.0 Å². The van der Waals surface area contributed by atoms with Crippen LogP contribution in [0.5, 0.6) is 0 Å². The fourth-order valence-electron chi connectivity index (χ4n) is 2.26. The van der Waals surface area contributed by atoms with Gasteiger partial charge in [-0.2, -0.15) is 13.2 Å². The van der Waals surface area contributed by atoms with E-state index >= 15 is 0 Å². The minimum Gasteiger partial charge on any atom is -0.261 e. The Labute approximate surface area is 130 Å². The number of rotatable bonds is 4. The Morgan fingerprint density at radius 2 is 1.78 bits per heavy atom. The normalized spacial score (nSPS) is 11.6. The molecule has 23 heavy (non-hydrogen) atoms. The molecule has 0 saturated carbocycles. The number of aromatic nitrogens is 4. The monoisotopic (exact) mass is 318 g/mol. The van der Waals surface area contributed by atoms with Crippen LogP contribution in [-0.4, -0.2) is 20.0 Å². The van der Waals surface area contributed by atoms with E-state index < -0.39 is 11.7 Å². The Bertz CT molecular complexity index is 781. The van der Waals surface area contributed by atoms with Crippen LogP contribution in [0.4, 0.5) is 13.2 Å². The highest BCUT2D eigenvalue weighted by Crippen LogP contribution is 2.35. The van der Waals surface area contributed by atoms with Crippen LogP contribution in [0.3, 0.4) is 0 Å². The smallest absolute Gasteiger partial charge is 0.261 e. The molecular formula is C16H13F3N4. The van der Waals surface area contributed by atoms with Gasteiger partial charge < -0.3 is 0 Å². The van der Waals surface area contributed by atoms with E-state index in [4.69, 9.17) is 0 Å². The summed E-state index contributed by atoms with van der Waals surface area (Å²) >= 11 is 0. The maximum Gasteiger partial charge on any atom is 0.417 e. The Kier molecular flexibility index (Phi) is 4.10. The molecule has 7 heteroatoms. The second-order valence-electron chi connectivity index (χ2n) is 4.98. The maximum absolute atomic E-state index is 13.0. The second kappa shape index (κ2) is 6.20. The van der Waals surface area contributed by atoms with Crippen LogP contribution < -0.4 is 0 Å². The molecule has 2 heterocycles. The van der Waals surface area contributed by atoms with Crippen molar-refractivity contribution < 1.29 is 13.2 Å². The molecule has 0 aliphatic heterocycles. The number of hydrogen-bond donors (Lipinski definition) is 0. The lowest BCUT2D eigenvalue weighted by Gasteiger charge is -2.10. The van der Waals surface area contributed by atoms with Crippen LogP contribution in [0.2, 0.25) is 0 Å². The largest absolute Gasteiger partial charge is 0.417 e. The van der Waals surface area contributed by atoms with Crippen LogP contribution in [0.25, 0.3) is 11.3 Å². The molecule has 3 aromatic rings. The zero-order chi connectivity index (χ0) is 16.3. The first kappa shape index (κ1) is 15.2. The Hall–Kier alpha value is -2.70. The summed E-state index contributed by atoms with van der Waals surface area (Å²) in [5.41, 5.74) is 0.417. The first-order valence-corrected chi connectivity index (χ1v) is 7.01. The van der Waals surface area contributed by atoms with E-state index in [9.17, 15) is 13.2 Å². The van der Waals surface area contributed by atoms with Crippen molar-refractivity contribution in [3.05, 3.63) is 66.1 Å². The van der Waals surface area contributed by atoms with Gasteiger partial charge in [-0.05, 0) is 18.2 Å². The van der Waals surface area contributed by atoms with Crippen LogP contribution in [-0.2, 0) is 19.1 Å². The minimum atomic E-state index is -4.42. The van der Waals surface area contributed by atoms with Crippen molar-refractivity contribution >= 4 is 0 Å². The molecule has 0 spiro atoms. The summed E-state index contributed by atoms with van der Waals surface area (Å²) < 4.78 is 40.7. The highest BCUT2D eigenvalue weighted by atomic mass is 19.4. The number of hydrogen-bond acceptors (Lipinski definition) is 3. The summed E-state index contributed by atoms with van der Waals surface area (Å²) in [6.45, 7) is 0.498. The van der Waals surface area contributed by atoms with Gasteiger partial charge in [0, 0.05) is 30.4 Å². The average molecular weight is 318 g/mol. The summed E-state index contributed by atoms with van der Waals surface area (Å²) in [5, 5.41) is 7.77. The first-order valence-electron chi connectivity index (χ1n) is 7.01. The highest BCUT2D eigenvalue weighted by Gasteiger charge is 2.33. The molecule has 0 bridgehead atoms. The lowest BCUT2D eigenvalue weighted by Crippen LogP contribution is -2.06. The summed E-state index contributed by atoms with van der Waals surface area (Å²) in [4.78, 5) is 4.19. The molecule has 0 fully saturated rings. The third-order valence-corrected chi connectivity index (χ3v) is 3.37. The van der Waals surface area contributed by atoms with Crippen molar-refractivity contribution in [1.82, 2.24) is 20.0 Å². The molecule has 4 nitrogen and oxygen atoms in total. The molecule has 0 radical (unpaired) electrons. The Balaban J connectivity index is 1.80. The van der Waals surface area contributed by atoms with Gasteiger partial charge in [-0.3, -0.25) is 9.67 Å². The standard InChI is InChI=1S/C16H13F3N4/c17-16(18,19)14-7-2-1-6-13(14)15-11-23(22-21-15)10-8-12-5-3-4-9-20-12/h1-7,9,11H,8,10H2. The predicted molar refractivity (Wildman–Crippen MR) is 78.4 cm³/mol. The third-order valence-electron chi connectivity index (χ3n) is 3.37. The van der Waals surface area contributed by atoms with Gasteiger partial charge in [-0.15, -0.1) is 5.10 Å². The molecule has 0 aliphatic rings. The zero-order valence-electron chi connectivity index (χ0n) is 12.0. The van der Waals surface area contributed by atoms with Gasteiger partial charge in [0.15, 0.2) is 0 Å². The summed E-state index contributed by atoms with van der Waals surface area (Å²) in [5.74, 6) is 0. The molecule has 1 aromatic carbocycles. The second-order valence-corrected chi connectivity index (χ2v) is 4.98. The van der Waals surface area contributed by atoms with Gasteiger partial charge >= 0.3 is 6.18 Å². The van der Waals surface area contributed by atoms with E-state index in [0.29, 0.717) is 13.0 Å². The molecule has 0 unspecified atom stereocenters. The number of pyridine rings is 1. The molecule has 118 valence electrons. The minimum absolute atomic E-state index is 0.0316. The van der Waals surface area contributed by atoms with Gasteiger partial charge in [-0.1, -0.05) is 29.5 Å². The number of nitrogens with zero attached hydrogens (tertiary/aromatic N) is 4. The Morgan fingerprint density at radius 1 is 1.00 bits per heavy atom. The first-order chi connectivity index (χ1) is 11.0. The van der Waals surface area contributed by atoms with E-state index in [2.05, 4.69) is 15.3 Å². The van der Waals surface area contributed by atoms with E-state index in [0.717, 1.165) is 11.8 Å². The molecule has 0 aliphatic carbocycles. The fraction of sp³-hybridized carbons (Fsp3) is 0.188. The van der Waals surface area contributed by atoms with E-state index in [-0.39, 0.29) is 11.3 Å². The van der Waals surface area contributed by atoms with Crippen LogP contribution in [0, 0.1) is 0 Å². The van der Waals surface area contributed by atoms with Crippen LogP contribution >= 0.6 is 0 Å². The summed E-state index contributed by atoms with van der Waals surface area (Å²) in [6.07, 6.45) is -0.575. The molecule has 0 amide bonds. The SMILES string of the molecule is FC(F)(F)c1ccccc1-c1cn(CCc2ccccn2)nn1. The zero-order valence-corrected chi connectivity index (χ0v) is 12.0. The van der Waals surface area contributed by atoms with Crippen LogP contribution in [0.1, 0.15) is 11.3 Å². The maximum atomic E-state index is 13.0. The van der Waals surface area contributed by atoms with Gasteiger partial charge in [-0.25, -0.2) is 0 Å². The van der Waals surface area contributed by atoms with Crippen molar-refractivity contribution in [1.29, 1.82) is 0 Å². The van der Waals surface area contributed by atoms with Gasteiger partial charge in [0.25, 0.3) is 0 Å². The lowest BCUT2D eigenvalue weighted by molar-refractivity contribution is -0.137. The van der Waals surface area contributed by atoms with Crippen molar-refractivity contribution in [3.8, 4) is 11.3 Å². The van der Waals surface area contributed by atoms with Gasteiger partial charge in [0.1, 0.15) is 5.69 Å². The number of benzene rings is 1. The van der Waals surface area contributed by atoms with E-state index in [1.807, 2.05) is 18.2 Å². The van der Waals surface area contributed by atoms with Gasteiger partial charge in [0.05, 0.1) is 11.8 Å². The van der Waals surface area contributed by atoms with Crippen LogP contribution in [0.15, 0.2) is 54.9 Å². The topological polar surface area (TPSA) is 43.6 Å². The Morgan fingerprint density at radius 3 is 2.52 bits per heavy atom. The quantitative estimate of drug-likeness (QED) is 0.738.